The molecule has 1 atom stereocenters. The first-order valence-corrected chi connectivity index (χ1v) is 10.9. The SMILES string of the molecule is Cn1ccnc1CN(C(=O)C[C@@H]1C(=O)NCCN1CC1CCCCC1)C1CC1. The van der Waals surface area contributed by atoms with Gasteiger partial charge in [0.25, 0.3) is 0 Å². The standard InChI is InChI=1S/C21H33N5O2/c1-24-11-9-22-19(24)15-26(17-7-8-17)20(27)13-18-21(28)23-10-12-25(18)14-16-5-3-2-4-6-16/h9,11,16-18H,2-8,10,12-15H2,1H3,(H,23,28)/t18-/m1/s1. The fourth-order valence-electron chi connectivity index (χ4n) is 4.69. The molecule has 3 fully saturated rings. The van der Waals surface area contributed by atoms with Gasteiger partial charge in [-0.2, -0.15) is 0 Å². The molecule has 1 aromatic heterocycles. The molecule has 2 aliphatic carbocycles. The molecule has 2 saturated carbocycles. The molecule has 0 radical (unpaired) electrons. The molecule has 0 unspecified atom stereocenters. The van der Waals surface area contributed by atoms with Crippen molar-refractivity contribution in [3.8, 4) is 0 Å². The van der Waals surface area contributed by atoms with Crippen LogP contribution in [0.2, 0.25) is 0 Å². The summed E-state index contributed by atoms with van der Waals surface area (Å²) in [6, 6.07) is -0.0200. The molecule has 2 heterocycles. The number of piperazine rings is 1. The van der Waals surface area contributed by atoms with E-state index >= 15 is 0 Å². The number of nitrogens with zero attached hydrogens (tertiary/aromatic N) is 4. The van der Waals surface area contributed by atoms with Gasteiger partial charge in [-0.15, -0.1) is 0 Å². The minimum absolute atomic E-state index is 0.0168. The predicted molar refractivity (Wildman–Crippen MR) is 106 cm³/mol. The molecular weight excluding hydrogens is 354 g/mol. The van der Waals surface area contributed by atoms with Crippen LogP contribution >= 0.6 is 0 Å². The molecule has 3 aliphatic rings. The third-order valence-electron chi connectivity index (χ3n) is 6.57. The van der Waals surface area contributed by atoms with Gasteiger partial charge in [0.1, 0.15) is 5.82 Å². The van der Waals surface area contributed by atoms with Gasteiger partial charge in [0.05, 0.1) is 19.0 Å². The van der Waals surface area contributed by atoms with E-state index < -0.39 is 0 Å². The molecular formula is C21H33N5O2. The lowest BCUT2D eigenvalue weighted by atomic mass is 9.88. The number of imidazole rings is 1. The summed E-state index contributed by atoms with van der Waals surface area (Å²) >= 11 is 0. The Labute approximate surface area is 167 Å². The van der Waals surface area contributed by atoms with Gasteiger partial charge in [-0.05, 0) is 31.6 Å². The summed E-state index contributed by atoms with van der Waals surface area (Å²) in [5.41, 5.74) is 0. The highest BCUT2D eigenvalue weighted by molar-refractivity contribution is 5.89. The van der Waals surface area contributed by atoms with Crippen molar-refractivity contribution in [2.24, 2.45) is 13.0 Å². The van der Waals surface area contributed by atoms with E-state index in [1.807, 2.05) is 22.7 Å². The van der Waals surface area contributed by atoms with Crippen LogP contribution < -0.4 is 5.32 Å². The average Bonchev–Trinajstić information content (AvgIpc) is 3.45. The number of amides is 2. The molecule has 0 bridgehead atoms. The smallest absolute Gasteiger partial charge is 0.237 e. The summed E-state index contributed by atoms with van der Waals surface area (Å²) in [5, 5.41) is 2.98. The second kappa shape index (κ2) is 8.64. The van der Waals surface area contributed by atoms with Crippen LogP contribution in [0.5, 0.6) is 0 Å². The number of aryl methyl sites for hydroxylation is 1. The van der Waals surface area contributed by atoms with Gasteiger partial charge >= 0.3 is 0 Å². The van der Waals surface area contributed by atoms with Gasteiger partial charge in [-0.25, -0.2) is 4.98 Å². The van der Waals surface area contributed by atoms with Crippen LogP contribution in [0.15, 0.2) is 12.4 Å². The minimum atomic E-state index is -0.328. The number of carbonyl (C=O) groups excluding carboxylic acids is 2. The van der Waals surface area contributed by atoms with Gasteiger partial charge in [0.15, 0.2) is 0 Å². The van der Waals surface area contributed by atoms with Crippen molar-refractivity contribution in [1.82, 2.24) is 24.7 Å². The number of carbonyl (C=O) groups is 2. The number of hydrogen-bond acceptors (Lipinski definition) is 4. The molecule has 1 aliphatic heterocycles. The lowest BCUT2D eigenvalue weighted by Crippen LogP contribution is -2.57. The topological polar surface area (TPSA) is 70.5 Å². The van der Waals surface area contributed by atoms with Crippen LogP contribution in [-0.4, -0.2) is 62.9 Å². The Hall–Kier alpha value is -1.89. The van der Waals surface area contributed by atoms with Crippen LogP contribution in [0.4, 0.5) is 0 Å². The van der Waals surface area contributed by atoms with Crippen molar-refractivity contribution in [2.75, 3.05) is 19.6 Å². The molecule has 1 N–H and O–H groups in total. The third-order valence-corrected chi connectivity index (χ3v) is 6.57. The summed E-state index contributed by atoms with van der Waals surface area (Å²) in [4.78, 5) is 34.4. The van der Waals surface area contributed by atoms with E-state index in [9.17, 15) is 9.59 Å². The Balaban J connectivity index is 1.41. The maximum absolute atomic E-state index is 13.2. The van der Waals surface area contributed by atoms with Crippen molar-refractivity contribution in [2.45, 2.75) is 70.0 Å². The van der Waals surface area contributed by atoms with Gasteiger partial charge in [0, 0.05) is 45.1 Å². The second-order valence-corrected chi connectivity index (χ2v) is 8.72. The molecule has 28 heavy (non-hydrogen) atoms. The Morgan fingerprint density at radius 2 is 2.04 bits per heavy atom. The first-order chi connectivity index (χ1) is 13.6. The van der Waals surface area contributed by atoms with E-state index in [-0.39, 0.29) is 24.3 Å². The molecule has 154 valence electrons. The lowest BCUT2D eigenvalue weighted by molar-refractivity contribution is -0.140. The van der Waals surface area contributed by atoms with Gasteiger partial charge < -0.3 is 14.8 Å². The van der Waals surface area contributed by atoms with Gasteiger partial charge in [-0.3, -0.25) is 14.5 Å². The Morgan fingerprint density at radius 1 is 1.25 bits per heavy atom. The summed E-state index contributed by atoms with van der Waals surface area (Å²) in [7, 11) is 1.96. The summed E-state index contributed by atoms with van der Waals surface area (Å²) in [6.07, 6.45) is 12.5. The Bertz CT molecular complexity index is 693. The highest BCUT2D eigenvalue weighted by Gasteiger charge is 2.38. The molecule has 2 amide bonds. The second-order valence-electron chi connectivity index (χ2n) is 8.72. The maximum atomic E-state index is 13.2. The molecule has 0 spiro atoms. The highest BCUT2D eigenvalue weighted by atomic mass is 16.2. The minimum Gasteiger partial charge on any atom is -0.353 e. The first kappa shape index (κ1) is 19.4. The third kappa shape index (κ3) is 4.57. The largest absolute Gasteiger partial charge is 0.353 e. The van der Waals surface area contributed by atoms with Crippen molar-refractivity contribution in [1.29, 1.82) is 0 Å². The molecule has 7 nitrogen and oxygen atoms in total. The van der Waals surface area contributed by atoms with Crippen molar-refractivity contribution >= 4 is 11.8 Å². The summed E-state index contributed by atoms with van der Waals surface area (Å²) < 4.78 is 1.96. The summed E-state index contributed by atoms with van der Waals surface area (Å²) in [6.45, 7) is 3.02. The lowest BCUT2D eigenvalue weighted by Gasteiger charge is -2.38. The number of aromatic nitrogens is 2. The number of hydrogen-bond donors (Lipinski definition) is 1. The molecule has 7 heteroatoms. The Morgan fingerprint density at radius 3 is 2.71 bits per heavy atom. The predicted octanol–water partition coefficient (Wildman–Crippen LogP) is 1.68. The van der Waals surface area contributed by atoms with Crippen LogP contribution in [0.25, 0.3) is 0 Å². The summed E-state index contributed by atoms with van der Waals surface area (Å²) in [5.74, 6) is 1.67. The van der Waals surface area contributed by atoms with Crippen molar-refractivity contribution < 1.29 is 9.59 Å². The quantitative estimate of drug-likeness (QED) is 0.773. The highest BCUT2D eigenvalue weighted by Crippen LogP contribution is 2.30. The van der Waals surface area contributed by atoms with Gasteiger partial charge in [0.2, 0.25) is 11.8 Å². The number of rotatable bonds is 7. The van der Waals surface area contributed by atoms with Crippen LogP contribution in [-0.2, 0) is 23.2 Å². The van der Waals surface area contributed by atoms with E-state index in [1.165, 1.54) is 32.1 Å². The molecule has 1 aromatic rings. The Kier molecular flexibility index (Phi) is 5.99. The van der Waals surface area contributed by atoms with Gasteiger partial charge in [-0.1, -0.05) is 19.3 Å². The van der Waals surface area contributed by atoms with Crippen LogP contribution in [0.3, 0.4) is 0 Å². The average molecular weight is 388 g/mol. The number of nitrogens with one attached hydrogen (secondary N) is 1. The molecule has 1 saturated heterocycles. The van der Waals surface area contributed by atoms with E-state index in [1.54, 1.807) is 6.20 Å². The fourth-order valence-corrected chi connectivity index (χ4v) is 4.69. The monoisotopic (exact) mass is 387 g/mol. The zero-order chi connectivity index (χ0) is 19.5. The molecule has 4 rings (SSSR count). The van der Waals surface area contributed by atoms with Crippen LogP contribution in [0, 0.1) is 5.92 Å². The zero-order valence-electron chi connectivity index (χ0n) is 17.0. The zero-order valence-corrected chi connectivity index (χ0v) is 17.0. The first-order valence-electron chi connectivity index (χ1n) is 10.9. The normalized spacial score (nSPS) is 24.2. The maximum Gasteiger partial charge on any atom is 0.237 e. The van der Waals surface area contributed by atoms with Crippen molar-refractivity contribution in [3.63, 3.8) is 0 Å². The van der Waals surface area contributed by atoms with E-state index in [4.69, 9.17) is 0 Å². The van der Waals surface area contributed by atoms with E-state index in [2.05, 4.69) is 15.2 Å². The van der Waals surface area contributed by atoms with Crippen molar-refractivity contribution in [3.05, 3.63) is 18.2 Å². The fraction of sp³-hybridized carbons (Fsp3) is 0.762. The van der Waals surface area contributed by atoms with E-state index in [0.717, 1.165) is 31.8 Å². The molecule has 0 aromatic carbocycles. The van der Waals surface area contributed by atoms with Crippen LogP contribution in [0.1, 0.15) is 57.2 Å². The van der Waals surface area contributed by atoms with E-state index in [0.29, 0.717) is 25.0 Å².